The molecule has 0 saturated heterocycles. The summed E-state index contributed by atoms with van der Waals surface area (Å²) in [4.78, 5) is 0. The van der Waals surface area contributed by atoms with Crippen LogP contribution in [0.25, 0.3) is 0 Å². The normalized spacial score (nSPS) is 12.6. The molecular weight excluding hydrogens is 645 g/mol. The third-order valence-electron chi connectivity index (χ3n) is 10.2. The van der Waals surface area contributed by atoms with Gasteiger partial charge in [-0.05, 0) is 110 Å². The fourth-order valence-corrected chi connectivity index (χ4v) is 6.98. The van der Waals surface area contributed by atoms with Gasteiger partial charge in [0.15, 0.2) is 0 Å². The Morgan fingerprint density at radius 3 is 1.17 bits per heavy atom. The lowest BCUT2D eigenvalue weighted by molar-refractivity contribution is 0.433. The Balaban J connectivity index is 2.10. The summed E-state index contributed by atoms with van der Waals surface area (Å²) < 4.78 is 0. The zero-order valence-electron chi connectivity index (χ0n) is 34.8. The van der Waals surface area contributed by atoms with E-state index in [1.54, 1.807) is 0 Å². The molecule has 0 aromatic heterocycles. The summed E-state index contributed by atoms with van der Waals surface area (Å²) >= 11 is 0. The number of unbranched alkanes of at least 4 members (excludes halogenated alkanes) is 10. The summed E-state index contributed by atoms with van der Waals surface area (Å²) in [5, 5.41) is 23.7. The van der Waals surface area contributed by atoms with Crippen LogP contribution in [0.2, 0.25) is 0 Å². The maximum Gasteiger partial charge on any atom is 0.123 e. The van der Waals surface area contributed by atoms with E-state index in [2.05, 4.69) is 128 Å². The monoisotopic (exact) mass is 721 g/mol. The smallest absolute Gasteiger partial charge is 0.123 e. The molecule has 0 amide bonds. The van der Waals surface area contributed by atoms with Crippen LogP contribution in [0.4, 0.5) is 0 Å². The Morgan fingerprint density at radius 2 is 0.792 bits per heavy atom. The van der Waals surface area contributed by atoms with E-state index in [0.717, 1.165) is 86.5 Å². The number of aromatic hydroxyl groups is 2. The zero-order chi connectivity index (χ0) is 39.0. The molecule has 53 heavy (non-hydrogen) atoms. The standard InChI is InChI=1S/C51H76O2/c1-9-11-13-15-17-19-21-23-25-27-29-31-33-35-42-37-39-46(50(3,4)5)48(52)44(42)41-45-43(38-40-47(49(45)53)51(6,7)8)36-34-32-30-28-26-24-22-20-18-16-14-12-10-2/h9-10,13-16,19-22,37-40,52-53H,1-2,11-12,17-18,23-36,41H2,3-8H3/b15-13+,16-14+,21-19+,22-20+. The highest BCUT2D eigenvalue weighted by Gasteiger charge is 2.26. The maximum absolute atomic E-state index is 11.9. The largest absolute Gasteiger partial charge is 0.507 e. The van der Waals surface area contributed by atoms with E-state index in [-0.39, 0.29) is 10.8 Å². The minimum absolute atomic E-state index is 0.177. The third kappa shape index (κ3) is 17.9. The molecule has 0 radical (unpaired) electrons. The quantitative estimate of drug-likeness (QED) is 0.0750. The molecule has 2 aromatic rings. The van der Waals surface area contributed by atoms with Crippen LogP contribution in [0.5, 0.6) is 11.5 Å². The molecule has 292 valence electrons. The van der Waals surface area contributed by atoms with E-state index in [1.807, 2.05) is 12.2 Å². The third-order valence-corrected chi connectivity index (χ3v) is 10.2. The second-order valence-corrected chi connectivity index (χ2v) is 16.9. The Labute approximate surface area is 326 Å². The zero-order valence-corrected chi connectivity index (χ0v) is 34.8. The van der Waals surface area contributed by atoms with Gasteiger partial charge in [-0.15, -0.1) is 13.2 Å². The molecule has 0 unspecified atom stereocenters. The van der Waals surface area contributed by atoms with Crippen LogP contribution in [0.3, 0.4) is 0 Å². The highest BCUT2D eigenvalue weighted by atomic mass is 16.3. The summed E-state index contributed by atoms with van der Waals surface area (Å²) in [5.41, 5.74) is 6.04. The number of benzene rings is 2. The van der Waals surface area contributed by atoms with Gasteiger partial charge in [-0.25, -0.2) is 0 Å². The Hall–Kier alpha value is -3.52. The molecule has 2 N–H and O–H groups in total. The summed E-state index contributed by atoms with van der Waals surface area (Å²) in [6, 6.07) is 8.78. The SMILES string of the molecule is C=CC/C=C/C/C=C/CCCCCCCc1ccc(C(C)(C)C)c(O)c1Cc1c(CCCCCCC/C=C/C/C=C/CC=C)ccc(C(C)(C)C)c1O. The fraction of sp³-hybridized carbons (Fsp3) is 0.529. The predicted octanol–water partition coefficient (Wildman–Crippen LogP) is 15.2. The summed E-state index contributed by atoms with van der Waals surface area (Å²) in [6.45, 7) is 20.5. The van der Waals surface area contributed by atoms with Crippen molar-refractivity contribution >= 4 is 0 Å². The summed E-state index contributed by atoms with van der Waals surface area (Å²) in [7, 11) is 0. The highest BCUT2D eigenvalue weighted by Crippen LogP contribution is 2.41. The van der Waals surface area contributed by atoms with Gasteiger partial charge in [-0.1, -0.05) is 165 Å². The molecule has 0 fully saturated rings. The van der Waals surface area contributed by atoms with E-state index in [0.29, 0.717) is 17.9 Å². The molecule has 0 aliphatic carbocycles. The molecule has 0 saturated carbocycles. The Morgan fingerprint density at radius 1 is 0.453 bits per heavy atom. The summed E-state index contributed by atoms with van der Waals surface area (Å²) in [5.74, 6) is 0.823. The number of rotatable bonds is 26. The van der Waals surface area contributed by atoms with Crippen molar-refractivity contribution in [2.75, 3.05) is 0 Å². The molecule has 2 heteroatoms. The summed E-state index contributed by atoms with van der Waals surface area (Å²) in [6.07, 6.45) is 42.4. The minimum atomic E-state index is -0.177. The van der Waals surface area contributed by atoms with Crippen LogP contribution in [0.1, 0.15) is 178 Å². The van der Waals surface area contributed by atoms with Crippen molar-refractivity contribution in [2.45, 2.75) is 174 Å². The van der Waals surface area contributed by atoms with Gasteiger partial charge in [0.25, 0.3) is 0 Å². The van der Waals surface area contributed by atoms with Gasteiger partial charge in [0.1, 0.15) is 11.5 Å². The first kappa shape index (κ1) is 45.6. The van der Waals surface area contributed by atoms with Crippen LogP contribution in [0, 0.1) is 0 Å². The fourth-order valence-electron chi connectivity index (χ4n) is 6.98. The van der Waals surface area contributed by atoms with E-state index in [9.17, 15) is 10.2 Å². The van der Waals surface area contributed by atoms with E-state index in [4.69, 9.17) is 0 Å². The predicted molar refractivity (Wildman–Crippen MR) is 235 cm³/mol. The van der Waals surface area contributed by atoms with Gasteiger partial charge in [-0.2, -0.15) is 0 Å². The van der Waals surface area contributed by atoms with Crippen molar-refractivity contribution in [3.05, 3.63) is 132 Å². The van der Waals surface area contributed by atoms with Crippen molar-refractivity contribution in [2.24, 2.45) is 0 Å². The molecule has 2 nitrogen and oxygen atoms in total. The Bertz CT molecular complexity index is 1360. The molecule has 0 bridgehead atoms. The molecule has 0 atom stereocenters. The first-order chi connectivity index (χ1) is 25.4. The van der Waals surface area contributed by atoms with Crippen LogP contribution >= 0.6 is 0 Å². The molecule has 0 heterocycles. The molecule has 0 spiro atoms. The topological polar surface area (TPSA) is 40.5 Å². The van der Waals surface area contributed by atoms with Crippen molar-refractivity contribution in [3.63, 3.8) is 0 Å². The average Bonchev–Trinajstić information content (AvgIpc) is 3.10. The van der Waals surface area contributed by atoms with Crippen molar-refractivity contribution in [1.82, 2.24) is 0 Å². The van der Waals surface area contributed by atoms with Crippen LogP contribution in [-0.4, -0.2) is 10.2 Å². The van der Waals surface area contributed by atoms with E-state index in [1.165, 1.54) is 62.5 Å². The van der Waals surface area contributed by atoms with Gasteiger partial charge < -0.3 is 10.2 Å². The number of aryl methyl sites for hydroxylation is 2. The van der Waals surface area contributed by atoms with Crippen molar-refractivity contribution < 1.29 is 10.2 Å². The second-order valence-electron chi connectivity index (χ2n) is 16.9. The molecular formula is C51H76O2. The van der Waals surface area contributed by atoms with Crippen LogP contribution < -0.4 is 0 Å². The Kier molecular flexibility index (Phi) is 21.9. The van der Waals surface area contributed by atoms with Crippen molar-refractivity contribution in [3.8, 4) is 11.5 Å². The number of allylic oxidation sites excluding steroid dienone is 10. The first-order valence-electron chi connectivity index (χ1n) is 20.9. The van der Waals surface area contributed by atoms with E-state index >= 15 is 0 Å². The number of phenols is 2. The van der Waals surface area contributed by atoms with Gasteiger partial charge in [0.2, 0.25) is 0 Å². The van der Waals surface area contributed by atoms with E-state index < -0.39 is 0 Å². The van der Waals surface area contributed by atoms with Gasteiger partial charge >= 0.3 is 0 Å². The van der Waals surface area contributed by atoms with Gasteiger partial charge in [0, 0.05) is 17.5 Å². The van der Waals surface area contributed by atoms with Crippen LogP contribution in [-0.2, 0) is 30.1 Å². The molecule has 0 aliphatic rings. The van der Waals surface area contributed by atoms with Crippen molar-refractivity contribution in [1.29, 1.82) is 0 Å². The lowest BCUT2D eigenvalue weighted by atomic mass is 9.80. The first-order valence-corrected chi connectivity index (χ1v) is 20.9. The second kappa shape index (κ2) is 25.5. The minimum Gasteiger partial charge on any atom is -0.507 e. The van der Waals surface area contributed by atoms with Gasteiger partial charge in [0.05, 0.1) is 0 Å². The molecule has 2 aromatic carbocycles. The number of hydrogen-bond donors (Lipinski definition) is 2. The van der Waals surface area contributed by atoms with Crippen LogP contribution in [0.15, 0.2) is 98.2 Å². The lowest BCUT2D eigenvalue weighted by Crippen LogP contribution is -2.15. The highest BCUT2D eigenvalue weighted by molar-refractivity contribution is 5.55. The lowest BCUT2D eigenvalue weighted by Gasteiger charge is -2.26. The average molecular weight is 721 g/mol. The molecule has 2 rings (SSSR count). The maximum atomic E-state index is 11.9. The molecule has 0 aliphatic heterocycles. The van der Waals surface area contributed by atoms with Gasteiger partial charge in [-0.3, -0.25) is 0 Å². The number of hydrogen-bond acceptors (Lipinski definition) is 2. The number of phenolic OH excluding ortho intramolecular Hbond substituents is 2.